The number of piperidine rings is 1. The Hall–Kier alpha value is -1.31. The van der Waals surface area contributed by atoms with Crippen molar-refractivity contribution in [3.8, 4) is 0 Å². The minimum absolute atomic E-state index is 0.0344. The summed E-state index contributed by atoms with van der Waals surface area (Å²) in [4.78, 5) is 14.4. The predicted molar refractivity (Wildman–Crippen MR) is 92.5 cm³/mol. The van der Waals surface area contributed by atoms with Crippen molar-refractivity contribution >= 4 is 23.2 Å². The number of anilines is 1. The Morgan fingerprint density at radius 1 is 1.44 bits per heavy atom. The van der Waals surface area contributed by atoms with Gasteiger partial charge < -0.3 is 11.1 Å². The summed E-state index contributed by atoms with van der Waals surface area (Å²) in [6.45, 7) is 6.97. The Morgan fingerprint density at radius 3 is 2.64 bits per heavy atom. The van der Waals surface area contributed by atoms with Crippen LogP contribution in [0.3, 0.4) is 0 Å². The zero-order valence-corrected chi connectivity index (χ0v) is 15.2. The van der Waals surface area contributed by atoms with Gasteiger partial charge in [-0.25, -0.2) is 0 Å². The van der Waals surface area contributed by atoms with Gasteiger partial charge in [-0.1, -0.05) is 25.4 Å². The molecule has 1 heterocycles. The highest BCUT2D eigenvalue weighted by Gasteiger charge is 2.38. The molecule has 1 aliphatic heterocycles. The third kappa shape index (κ3) is 4.65. The van der Waals surface area contributed by atoms with Crippen molar-refractivity contribution in [1.82, 2.24) is 4.90 Å². The second kappa shape index (κ2) is 7.13. The first-order chi connectivity index (χ1) is 11.4. The number of rotatable bonds is 3. The number of nitrogens with two attached hydrogens (primary N) is 1. The first kappa shape index (κ1) is 20.0. The van der Waals surface area contributed by atoms with Crippen molar-refractivity contribution in [2.45, 2.75) is 45.5 Å². The van der Waals surface area contributed by atoms with Crippen LogP contribution in [0.25, 0.3) is 0 Å². The fourth-order valence-corrected chi connectivity index (χ4v) is 3.18. The lowest BCUT2D eigenvalue weighted by atomic mass is 9.79. The second-order valence-electron chi connectivity index (χ2n) is 7.21. The molecule has 1 amide bonds. The average Bonchev–Trinajstić information content (AvgIpc) is 2.49. The van der Waals surface area contributed by atoms with E-state index in [4.69, 9.17) is 17.3 Å². The molecule has 0 aliphatic carbocycles. The molecule has 2 rings (SSSR count). The molecule has 0 bridgehead atoms. The quantitative estimate of drug-likeness (QED) is 0.843. The van der Waals surface area contributed by atoms with Gasteiger partial charge in [0.15, 0.2) is 0 Å². The van der Waals surface area contributed by atoms with Gasteiger partial charge in [-0.2, -0.15) is 13.2 Å². The first-order valence-electron chi connectivity index (χ1n) is 8.09. The molecule has 8 heteroatoms. The van der Waals surface area contributed by atoms with E-state index in [9.17, 15) is 18.0 Å². The van der Waals surface area contributed by atoms with E-state index in [0.29, 0.717) is 13.1 Å². The van der Waals surface area contributed by atoms with Crippen molar-refractivity contribution in [2.24, 2.45) is 11.1 Å². The average molecular weight is 378 g/mol. The molecule has 2 atom stereocenters. The molecule has 140 valence electrons. The van der Waals surface area contributed by atoms with Crippen LogP contribution in [0.1, 0.15) is 32.8 Å². The summed E-state index contributed by atoms with van der Waals surface area (Å²) in [5.41, 5.74) is 4.68. The topological polar surface area (TPSA) is 58.4 Å². The Balaban J connectivity index is 2.15. The van der Waals surface area contributed by atoms with Crippen LogP contribution in [0.15, 0.2) is 18.2 Å². The Kier molecular flexibility index (Phi) is 5.71. The van der Waals surface area contributed by atoms with Crippen LogP contribution >= 0.6 is 11.6 Å². The Labute approximate surface area is 150 Å². The monoisotopic (exact) mass is 377 g/mol. The summed E-state index contributed by atoms with van der Waals surface area (Å²) in [5, 5.41) is 2.35. The molecule has 0 aromatic heterocycles. The maximum Gasteiger partial charge on any atom is 0.418 e. The van der Waals surface area contributed by atoms with Crippen LogP contribution in [0.4, 0.5) is 18.9 Å². The first-order valence-corrected chi connectivity index (χ1v) is 8.47. The number of amides is 1. The molecule has 1 aliphatic rings. The van der Waals surface area contributed by atoms with Crippen molar-refractivity contribution in [2.75, 3.05) is 18.4 Å². The fourth-order valence-electron chi connectivity index (χ4n) is 3.01. The molecule has 1 saturated heterocycles. The van der Waals surface area contributed by atoms with Gasteiger partial charge in [-0.15, -0.1) is 0 Å². The van der Waals surface area contributed by atoms with Crippen molar-refractivity contribution in [3.63, 3.8) is 0 Å². The lowest BCUT2D eigenvalue weighted by molar-refractivity contribution is -0.137. The molecule has 4 nitrogen and oxygen atoms in total. The maximum atomic E-state index is 13.1. The van der Waals surface area contributed by atoms with E-state index in [-0.39, 0.29) is 22.2 Å². The molecule has 1 aromatic carbocycles. The number of carbonyl (C=O) groups excluding carboxylic acids is 1. The number of nitrogens with zero attached hydrogens (tertiary/aromatic N) is 1. The van der Waals surface area contributed by atoms with Crippen LogP contribution in [0, 0.1) is 5.41 Å². The Bertz CT molecular complexity index is 649. The van der Waals surface area contributed by atoms with Crippen LogP contribution in [-0.4, -0.2) is 36.0 Å². The van der Waals surface area contributed by atoms with Crippen LogP contribution in [0.2, 0.25) is 5.02 Å². The van der Waals surface area contributed by atoms with E-state index in [2.05, 4.69) is 5.32 Å². The summed E-state index contributed by atoms with van der Waals surface area (Å²) in [7, 11) is 0. The van der Waals surface area contributed by atoms with Crippen LogP contribution in [0.5, 0.6) is 0 Å². The normalized spacial score (nSPS) is 22.5. The summed E-state index contributed by atoms with van der Waals surface area (Å²) in [5.74, 6) is -0.487. The summed E-state index contributed by atoms with van der Waals surface area (Å²) in [6, 6.07) is 2.77. The van der Waals surface area contributed by atoms with Gasteiger partial charge in [0.05, 0.1) is 17.3 Å². The van der Waals surface area contributed by atoms with Gasteiger partial charge in [0.1, 0.15) is 0 Å². The lowest BCUT2D eigenvalue weighted by Gasteiger charge is -2.44. The number of nitrogens with one attached hydrogen (secondary N) is 1. The van der Waals surface area contributed by atoms with E-state index >= 15 is 0 Å². The number of hydrogen-bond acceptors (Lipinski definition) is 3. The SMILES string of the molecule is CC(C(=O)Nc1ccc(Cl)cc1C(F)(F)F)N1CCC(N)C(C)(C)C1. The van der Waals surface area contributed by atoms with E-state index in [1.54, 1.807) is 6.92 Å². The summed E-state index contributed by atoms with van der Waals surface area (Å²) >= 11 is 5.66. The molecule has 25 heavy (non-hydrogen) atoms. The molecule has 2 unspecified atom stereocenters. The van der Waals surface area contributed by atoms with Crippen molar-refractivity contribution < 1.29 is 18.0 Å². The molecule has 0 spiro atoms. The van der Waals surface area contributed by atoms with Gasteiger partial charge in [0.25, 0.3) is 0 Å². The highest BCUT2D eigenvalue weighted by molar-refractivity contribution is 6.30. The smallest absolute Gasteiger partial charge is 0.327 e. The van der Waals surface area contributed by atoms with Gasteiger partial charge in [0, 0.05) is 24.2 Å². The number of likely N-dealkylation sites (tertiary alicyclic amines) is 1. The fraction of sp³-hybridized carbons (Fsp3) is 0.588. The molecular weight excluding hydrogens is 355 g/mol. The molecule has 3 N–H and O–H groups in total. The largest absolute Gasteiger partial charge is 0.418 e. The van der Waals surface area contributed by atoms with E-state index in [1.807, 2.05) is 18.7 Å². The highest BCUT2D eigenvalue weighted by Crippen LogP contribution is 2.37. The van der Waals surface area contributed by atoms with E-state index in [1.165, 1.54) is 12.1 Å². The highest BCUT2D eigenvalue weighted by atomic mass is 35.5. The number of hydrogen-bond donors (Lipinski definition) is 2. The predicted octanol–water partition coefficient (Wildman–Crippen LogP) is 3.75. The Morgan fingerprint density at radius 2 is 2.08 bits per heavy atom. The molecule has 1 aromatic rings. The van der Waals surface area contributed by atoms with Crippen molar-refractivity contribution in [3.05, 3.63) is 28.8 Å². The minimum atomic E-state index is -4.60. The number of benzene rings is 1. The molecule has 0 saturated carbocycles. The van der Waals surface area contributed by atoms with Crippen molar-refractivity contribution in [1.29, 1.82) is 0 Å². The zero-order valence-electron chi connectivity index (χ0n) is 14.5. The summed E-state index contributed by atoms with van der Waals surface area (Å²) in [6.07, 6.45) is -3.87. The van der Waals surface area contributed by atoms with Gasteiger partial charge >= 0.3 is 6.18 Å². The third-order valence-electron chi connectivity index (χ3n) is 4.81. The summed E-state index contributed by atoms with van der Waals surface area (Å²) < 4.78 is 39.4. The lowest BCUT2D eigenvalue weighted by Crippen LogP contribution is -2.56. The second-order valence-corrected chi connectivity index (χ2v) is 7.64. The van der Waals surface area contributed by atoms with Gasteiger partial charge in [-0.3, -0.25) is 9.69 Å². The number of carbonyl (C=O) groups is 1. The third-order valence-corrected chi connectivity index (χ3v) is 5.05. The minimum Gasteiger partial charge on any atom is -0.327 e. The maximum absolute atomic E-state index is 13.1. The standard InChI is InChI=1S/C17H23ClF3N3O/c1-10(24-7-6-14(22)16(2,3)9-24)15(25)23-13-5-4-11(18)8-12(13)17(19,20)21/h4-5,8,10,14H,6-7,9,22H2,1-3H3,(H,23,25). The van der Waals surface area contributed by atoms with Gasteiger partial charge in [0.2, 0.25) is 5.91 Å². The molecule has 0 radical (unpaired) electrons. The number of alkyl halides is 3. The molecule has 1 fully saturated rings. The van der Waals surface area contributed by atoms with Crippen LogP contribution < -0.4 is 11.1 Å². The molecular formula is C17H23ClF3N3O. The van der Waals surface area contributed by atoms with E-state index in [0.717, 1.165) is 12.5 Å². The van der Waals surface area contributed by atoms with E-state index < -0.39 is 23.7 Å². The zero-order chi connectivity index (χ0) is 19.0. The number of halogens is 4. The van der Waals surface area contributed by atoms with Crippen LogP contribution in [-0.2, 0) is 11.0 Å². The van der Waals surface area contributed by atoms with Gasteiger partial charge in [-0.05, 0) is 37.0 Å².